The van der Waals surface area contributed by atoms with Crippen molar-refractivity contribution >= 4 is 5.97 Å². The van der Waals surface area contributed by atoms with E-state index in [4.69, 9.17) is 9.84 Å². The first kappa shape index (κ1) is 13.2. The van der Waals surface area contributed by atoms with E-state index >= 15 is 0 Å². The SMILES string of the molecule is C=C(C)CCOc1nnc(C)c(C)c1C(=O)O. The Bertz CT molecular complexity index is 455. The highest BCUT2D eigenvalue weighted by Crippen LogP contribution is 2.20. The topological polar surface area (TPSA) is 72.3 Å². The molecule has 1 rings (SSSR count). The van der Waals surface area contributed by atoms with E-state index in [0.717, 1.165) is 5.57 Å². The average Bonchev–Trinajstić information content (AvgIpc) is 2.22. The summed E-state index contributed by atoms with van der Waals surface area (Å²) in [5.74, 6) is -0.979. The predicted molar refractivity (Wildman–Crippen MR) is 63.4 cm³/mol. The van der Waals surface area contributed by atoms with Gasteiger partial charge in [0.1, 0.15) is 5.56 Å². The summed E-state index contributed by atoms with van der Waals surface area (Å²) in [6, 6.07) is 0. The molecule has 0 aliphatic heterocycles. The first-order valence-corrected chi connectivity index (χ1v) is 5.27. The molecule has 0 aliphatic carbocycles. The summed E-state index contributed by atoms with van der Waals surface area (Å²) in [6.45, 7) is 9.39. The van der Waals surface area contributed by atoms with Crippen LogP contribution in [0, 0.1) is 13.8 Å². The van der Waals surface area contributed by atoms with Gasteiger partial charge in [0.25, 0.3) is 0 Å². The lowest BCUT2D eigenvalue weighted by atomic mass is 10.1. The highest BCUT2D eigenvalue weighted by Gasteiger charge is 2.18. The molecular weight excluding hydrogens is 220 g/mol. The molecule has 1 heterocycles. The maximum absolute atomic E-state index is 11.1. The van der Waals surface area contributed by atoms with Crippen LogP contribution in [0.3, 0.4) is 0 Å². The van der Waals surface area contributed by atoms with Crippen molar-refractivity contribution in [3.05, 3.63) is 29.0 Å². The van der Waals surface area contributed by atoms with Crippen LogP contribution in [0.2, 0.25) is 0 Å². The van der Waals surface area contributed by atoms with Gasteiger partial charge in [-0.15, -0.1) is 11.7 Å². The lowest BCUT2D eigenvalue weighted by Crippen LogP contribution is -2.11. The zero-order chi connectivity index (χ0) is 13.0. The normalized spacial score (nSPS) is 10.1. The molecule has 0 spiro atoms. The maximum Gasteiger partial charge on any atom is 0.341 e. The first-order chi connectivity index (χ1) is 7.93. The van der Waals surface area contributed by atoms with E-state index in [-0.39, 0.29) is 11.4 Å². The molecule has 1 aromatic heterocycles. The van der Waals surface area contributed by atoms with Crippen LogP contribution >= 0.6 is 0 Å². The van der Waals surface area contributed by atoms with Crippen LogP contribution in [0.25, 0.3) is 0 Å². The second-order valence-electron chi connectivity index (χ2n) is 3.95. The first-order valence-electron chi connectivity index (χ1n) is 5.27. The van der Waals surface area contributed by atoms with Gasteiger partial charge in [0, 0.05) is 6.42 Å². The second-order valence-corrected chi connectivity index (χ2v) is 3.95. The molecule has 0 bridgehead atoms. The second kappa shape index (κ2) is 5.43. The number of hydrogen-bond acceptors (Lipinski definition) is 4. The van der Waals surface area contributed by atoms with Crippen LogP contribution in [0.5, 0.6) is 5.88 Å². The lowest BCUT2D eigenvalue weighted by Gasteiger charge is -2.10. The van der Waals surface area contributed by atoms with E-state index in [1.165, 1.54) is 0 Å². The third kappa shape index (κ3) is 3.27. The summed E-state index contributed by atoms with van der Waals surface area (Å²) >= 11 is 0. The fourth-order valence-electron chi connectivity index (χ4n) is 1.26. The van der Waals surface area contributed by atoms with Crippen molar-refractivity contribution in [3.63, 3.8) is 0 Å². The van der Waals surface area contributed by atoms with Gasteiger partial charge < -0.3 is 9.84 Å². The van der Waals surface area contributed by atoms with Gasteiger partial charge in [-0.1, -0.05) is 5.57 Å². The van der Waals surface area contributed by atoms with Crippen molar-refractivity contribution in [3.8, 4) is 5.88 Å². The van der Waals surface area contributed by atoms with Crippen LogP contribution in [0.1, 0.15) is 35.0 Å². The zero-order valence-corrected chi connectivity index (χ0v) is 10.3. The van der Waals surface area contributed by atoms with Crippen LogP contribution in [-0.2, 0) is 0 Å². The summed E-state index contributed by atoms with van der Waals surface area (Å²) in [6.07, 6.45) is 0.660. The molecule has 0 amide bonds. The molecule has 5 heteroatoms. The van der Waals surface area contributed by atoms with E-state index in [1.54, 1.807) is 13.8 Å². The van der Waals surface area contributed by atoms with Gasteiger partial charge in [-0.05, 0) is 26.3 Å². The van der Waals surface area contributed by atoms with Crippen molar-refractivity contribution in [1.29, 1.82) is 0 Å². The van der Waals surface area contributed by atoms with Crippen molar-refractivity contribution in [1.82, 2.24) is 10.2 Å². The van der Waals surface area contributed by atoms with Gasteiger partial charge in [0.05, 0.1) is 12.3 Å². The minimum Gasteiger partial charge on any atom is -0.477 e. The minimum absolute atomic E-state index is 0.0712. The van der Waals surface area contributed by atoms with Crippen molar-refractivity contribution in [2.75, 3.05) is 6.61 Å². The number of aromatic nitrogens is 2. The zero-order valence-electron chi connectivity index (χ0n) is 10.3. The number of aromatic carboxylic acids is 1. The number of rotatable bonds is 5. The quantitative estimate of drug-likeness (QED) is 0.793. The van der Waals surface area contributed by atoms with Crippen molar-refractivity contribution in [2.45, 2.75) is 27.2 Å². The summed E-state index contributed by atoms with van der Waals surface area (Å²) in [7, 11) is 0. The molecule has 0 aliphatic rings. The fraction of sp³-hybridized carbons (Fsp3) is 0.417. The highest BCUT2D eigenvalue weighted by atomic mass is 16.5. The molecule has 0 atom stereocenters. The molecule has 17 heavy (non-hydrogen) atoms. The van der Waals surface area contributed by atoms with E-state index < -0.39 is 5.97 Å². The number of carboxylic acid groups (broad SMARTS) is 1. The predicted octanol–water partition coefficient (Wildman–Crippen LogP) is 2.14. The third-order valence-corrected chi connectivity index (χ3v) is 2.40. The number of carboxylic acids is 1. The largest absolute Gasteiger partial charge is 0.477 e. The van der Waals surface area contributed by atoms with Gasteiger partial charge in [-0.2, -0.15) is 5.10 Å². The Hall–Kier alpha value is -1.91. The minimum atomic E-state index is -1.05. The third-order valence-electron chi connectivity index (χ3n) is 2.40. The van der Waals surface area contributed by atoms with Crippen LogP contribution in [-0.4, -0.2) is 27.9 Å². The van der Waals surface area contributed by atoms with E-state index in [9.17, 15) is 4.79 Å². The summed E-state index contributed by atoms with van der Waals surface area (Å²) < 4.78 is 5.33. The standard InChI is InChI=1S/C12H16N2O3/c1-7(2)5-6-17-11-10(12(15)16)8(3)9(4)13-14-11/h1,5-6H2,2-4H3,(H,15,16). The Balaban J connectivity index is 2.95. The molecular formula is C12H16N2O3. The van der Waals surface area contributed by atoms with Crippen LogP contribution < -0.4 is 4.74 Å². The summed E-state index contributed by atoms with van der Waals surface area (Å²) in [4.78, 5) is 11.1. The smallest absolute Gasteiger partial charge is 0.341 e. The van der Waals surface area contributed by atoms with E-state index in [2.05, 4.69) is 16.8 Å². The molecule has 0 saturated carbocycles. The Kier molecular flexibility index (Phi) is 4.20. The van der Waals surface area contributed by atoms with Crippen molar-refractivity contribution < 1.29 is 14.6 Å². The summed E-state index contributed by atoms with van der Waals surface area (Å²) in [5.41, 5.74) is 2.23. The Morgan fingerprint density at radius 1 is 1.41 bits per heavy atom. The Morgan fingerprint density at radius 3 is 2.59 bits per heavy atom. The monoisotopic (exact) mass is 236 g/mol. The number of carbonyl (C=O) groups is 1. The summed E-state index contributed by atoms with van der Waals surface area (Å²) in [5, 5.41) is 16.7. The van der Waals surface area contributed by atoms with Gasteiger partial charge in [0.15, 0.2) is 0 Å². The van der Waals surface area contributed by atoms with Crippen LogP contribution in [0.15, 0.2) is 12.2 Å². The molecule has 0 radical (unpaired) electrons. The fourth-order valence-corrected chi connectivity index (χ4v) is 1.26. The van der Waals surface area contributed by atoms with E-state index in [1.807, 2.05) is 6.92 Å². The molecule has 1 aromatic rings. The molecule has 5 nitrogen and oxygen atoms in total. The van der Waals surface area contributed by atoms with Gasteiger partial charge in [-0.3, -0.25) is 0 Å². The van der Waals surface area contributed by atoms with Gasteiger partial charge in [0.2, 0.25) is 5.88 Å². The molecule has 92 valence electrons. The number of ether oxygens (including phenoxy) is 1. The number of nitrogens with zero attached hydrogens (tertiary/aromatic N) is 2. The molecule has 0 saturated heterocycles. The lowest BCUT2D eigenvalue weighted by molar-refractivity contribution is 0.0689. The van der Waals surface area contributed by atoms with Gasteiger partial charge in [-0.25, -0.2) is 4.79 Å². The number of aryl methyl sites for hydroxylation is 1. The maximum atomic E-state index is 11.1. The molecule has 1 N–H and O–H groups in total. The average molecular weight is 236 g/mol. The van der Waals surface area contributed by atoms with E-state index in [0.29, 0.717) is 24.3 Å². The van der Waals surface area contributed by atoms with Crippen molar-refractivity contribution in [2.24, 2.45) is 0 Å². The molecule has 0 aromatic carbocycles. The number of hydrogen-bond donors (Lipinski definition) is 1. The highest BCUT2D eigenvalue weighted by molar-refractivity contribution is 5.91. The Labute approximate surface area is 100 Å². The van der Waals surface area contributed by atoms with Gasteiger partial charge >= 0.3 is 5.97 Å². The molecule has 0 unspecified atom stereocenters. The Morgan fingerprint density at radius 2 is 2.06 bits per heavy atom. The molecule has 0 fully saturated rings. The van der Waals surface area contributed by atoms with Crippen LogP contribution in [0.4, 0.5) is 0 Å².